The van der Waals surface area contributed by atoms with Crippen LogP contribution in [0.5, 0.6) is 0 Å². The number of pyridine rings is 1. The number of piperidine rings is 1. The lowest BCUT2D eigenvalue weighted by atomic mass is 9.77. The third kappa shape index (κ3) is 3.81. The highest BCUT2D eigenvalue weighted by Gasteiger charge is 2.38. The number of nitrogens with zero attached hydrogens (tertiary/aromatic N) is 5. The van der Waals surface area contributed by atoms with Crippen molar-refractivity contribution in [3.05, 3.63) is 36.4 Å². The molecular formula is C21H23F3N6S. The molecular weight excluding hydrogens is 425 g/mol. The molecule has 1 aliphatic carbocycles. The van der Waals surface area contributed by atoms with Crippen LogP contribution in [-0.2, 0) is 6.18 Å². The summed E-state index contributed by atoms with van der Waals surface area (Å²) in [4.78, 5) is 15.3. The molecule has 0 amide bonds. The predicted octanol–water partition coefficient (Wildman–Crippen LogP) is 5.04. The number of hydrogen-bond acceptors (Lipinski definition) is 6. The molecule has 1 saturated heterocycles. The third-order valence-corrected chi connectivity index (χ3v) is 7.57. The topological polar surface area (TPSA) is 72.3 Å². The lowest BCUT2D eigenvalue weighted by Gasteiger charge is -2.39. The van der Waals surface area contributed by atoms with E-state index in [0.717, 1.165) is 43.6 Å². The van der Waals surface area contributed by atoms with Gasteiger partial charge in [0.25, 0.3) is 0 Å². The Hall–Kier alpha value is -2.49. The van der Waals surface area contributed by atoms with Gasteiger partial charge in [0, 0.05) is 36.6 Å². The van der Waals surface area contributed by atoms with Gasteiger partial charge in [-0.25, -0.2) is 15.0 Å². The van der Waals surface area contributed by atoms with E-state index in [0.29, 0.717) is 16.0 Å². The number of alkyl halides is 3. The number of halogens is 3. The first-order chi connectivity index (χ1) is 14.8. The molecule has 5 rings (SSSR count). The summed E-state index contributed by atoms with van der Waals surface area (Å²) in [5.74, 6) is 0.623. The maximum atomic E-state index is 13.4. The van der Waals surface area contributed by atoms with Gasteiger partial charge in [-0.15, -0.1) is 0 Å². The zero-order chi connectivity index (χ0) is 21.6. The molecule has 2 fully saturated rings. The van der Waals surface area contributed by atoms with Gasteiger partial charge in [0.15, 0.2) is 11.3 Å². The Bertz CT molecular complexity index is 1100. The maximum Gasteiger partial charge on any atom is 0.434 e. The van der Waals surface area contributed by atoms with Gasteiger partial charge in [-0.05, 0) is 43.2 Å². The molecule has 31 heavy (non-hydrogen) atoms. The smallest absolute Gasteiger partial charge is 0.384 e. The first-order valence-corrected chi connectivity index (χ1v) is 11.2. The lowest BCUT2D eigenvalue weighted by Crippen LogP contribution is -2.40. The van der Waals surface area contributed by atoms with Crippen molar-refractivity contribution in [2.24, 2.45) is 5.41 Å². The number of fused-ring (bicyclic) bond motifs is 1. The van der Waals surface area contributed by atoms with Gasteiger partial charge >= 0.3 is 6.18 Å². The summed E-state index contributed by atoms with van der Waals surface area (Å²) in [6, 6.07) is 2.71. The summed E-state index contributed by atoms with van der Waals surface area (Å²) in [6.07, 6.45) is 8.10. The molecule has 0 aromatic carbocycles. The summed E-state index contributed by atoms with van der Waals surface area (Å²) < 4.78 is 42.2. The molecule has 164 valence electrons. The van der Waals surface area contributed by atoms with Crippen molar-refractivity contribution in [3.63, 3.8) is 0 Å². The van der Waals surface area contributed by atoms with E-state index >= 15 is 0 Å². The van der Waals surface area contributed by atoms with Crippen molar-refractivity contribution in [1.29, 1.82) is 0 Å². The number of rotatable bonds is 3. The van der Waals surface area contributed by atoms with Crippen molar-refractivity contribution in [1.82, 2.24) is 19.4 Å². The Morgan fingerprint density at radius 2 is 1.74 bits per heavy atom. The van der Waals surface area contributed by atoms with Gasteiger partial charge in [0.2, 0.25) is 5.95 Å². The number of anilines is 2. The predicted molar refractivity (Wildman–Crippen MR) is 113 cm³/mol. The molecule has 1 saturated carbocycles. The zero-order valence-electron chi connectivity index (χ0n) is 16.9. The van der Waals surface area contributed by atoms with Gasteiger partial charge in [0.1, 0.15) is 5.82 Å². The van der Waals surface area contributed by atoms with E-state index in [2.05, 4.69) is 19.9 Å². The van der Waals surface area contributed by atoms with Crippen LogP contribution in [0.25, 0.3) is 5.65 Å². The summed E-state index contributed by atoms with van der Waals surface area (Å²) in [5, 5.41) is 0. The summed E-state index contributed by atoms with van der Waals surface area (Å²) in [6.45, 7) is 1.87. The molecule has 0 unspecified atom stereocenters. The first-order valence-electron chi connectivity index (χ1n) is 10.4. The number of imidazole rings is 1. The van der Waals surface area contributed by atoms with Crippen LogP contribution in [0.15, 0.2) is 40.5 Å². The number of nitrogens with two attached hydrogens (primary N) is 1. The standard InChI is InChI=1S/C21H23F3N6S/c22-21(23,24)17-14(3-4-16(25)28-17)31-15-13-27-19(30-12-9-26-18(15)30)29-10-7-20(8-11-29)5-1-2-6-20/h3-4,9,12-13H,1-2,5-8,10-11H2,(H2,25,28). The van der Waals surface area contributed by atoms with Crippen LogP contribution < -0.4 is 10.6 Å². The van der Waals surface area contributed by atoms with E-state index in [9.17, 15) is 13.2 Å². The highest BCUT2D eigenvalue weighted by Crippen LogP contribution is 2.47. The summed E-state index contributed by atoms with van der Waals surface area (Å²) >= 11 is 0.952. The Morgan fingerprint density at radius 3 is 2.45 bits per heavy atom. The summed E-state index contributed by atoms with van der Waals surface area (Å²) in [5.41, 5.74) is 5.57. The Kier molecular flexibility index (Phi) is 4.99. The molecule has 4 heterocycles. The van der Waals surface area contributed by atoms with Crippen molar-refractivity contribution in [2.45, 2.75) is 54.5 Å². The minimum atomic E-state index is -4.60. The second-order valence-corrected chi connectivity index (χ2v) is 9.50. The van der Waals surface area contributed by atoms with Gasteiger partial charge in [-0.1, -0.05) is 24.6 Å². The average molecular weight is 449 g/mol. The van der Waals surface area contributed by atoms with E-state index in [-0.39, 0.29) is 10.7 Å². The van der Waals surface area contributed by atoms with Gasteiger partial charge in [-0.2, -0.15) is 13.2 Å². The molecule has 1 aliphatic heterocycles. The van der Waals surface area contributed by atoms with Crippen LogP contribution >= 0.6 is 11.8 Å². The van der Waals surface area contributed by atoms with Gasteiger partial charge in [-0.3, -0.25) is 4.40 Å². The lowest BCUT2D eigenvalue weighted by molar-refractivity contribution is -0.143. The Labute approximate surface area is 182 Å². The van der Waals surface area contributed by atoms with Crippen LogP contribution in [0.2, 0.25) is 0 Å². The van der Waals surface area contributed by atoms with E-state index in [1.165, 1.54) is 37.8 Å². The Morgan fingerprint density at radius 1 is 1.00 bits per heavy atom. The molecule has 0 radical (unpaired) electrons. The van der Waals surface area contributed by atoms with Gasteiger partial charge in [0.05, 0.1) is 4.90 Å². The minimum Gasteiger partial charge on any atom is -0.384 e. The van der Waals surface area contributed by atoms with Crippen LogP contribution in [0.4, 0.5) is 24.9 Å². The van der Waals surface area contributed by atoms with E-state index in [4.69, 9.17) is 5.73 Å². The highest BCUT2D eigenvalue weighted by molar-refractivity contribution is 7.99. The molecule has 2 N–H and O–H groups in total. The SMILES string of the molecule is Nc1ccc(Sc2cnc(N3CCC4(CCCC4)CC3)n3ccnc23)c(C(F)(F)F)n1. The van der Waals surface area contributed by atoms with Crippen LogP contribution in [0.3, 0.4) is 0 Å². The third-order valence-electron chi connectivity index (χ3n) is 6.51. The Balaban J connectivity index is 1.44. The monoisotopic (exact) mass is 448 g/mol. The van der Waals surface area contributed by atoms with E-state index in [1.807, 2.05) is 10.6 Å². The normalized spacial score (nSPS) is 18.9. The number of nitrogen functional groups attached to an aromatic ring is 1. The molecule has 2 aliphatic rings. The van der Waals surface area contributed by atoms with Crippen molar-refractivity contribution >= 4 is 29.2 Å². The zero-order valence-corrected chi connectivity index (χ0v) is 17.7. The fourth-order valence-corrected chi connectivity index (χ4v) is 5.84. The number of aromatic nitrogens is 4. The van der Waals surface area contributed by atoms with E-state index in [1.54, 1.807) is 12.4 Å². The number of hydrogen-bond donors (Lipinski definition) is 1. The maximum absolute atomic E-state index is 13.4. The minimum absolute atomic E-state index is 0.0257. The quantitative estimate of drug-likeness (QED) is 0.605. The van der Waals surface area contributed by atoms with Crippen LogP contribution in [0.1, 0.15) is 44.2 Å². The molecule has 3 aromatic heterocycles. The van der Waals surface area contributed by atoms with Gasteiger partial charge < -0.3 is 10.6 Å². The van der Waals surface area contributed by atoms with Crippen LogP contribution in [-0.4, -0.2) is 32.4 Å². The molecule has 6 nitrogen and oxygen atoms in total. The highest BCUT2D eigenvalue weighted by atomic mass is 32.2. The van der Waals surface area contributed by atoms with E-state index < -0.39 is 11.9 Å². The fourth-order valence-electron chi connectivity index (χ4n) is 4.86. The molecule has 0 bridgehead atoms. The van der Waals surface area contributed by atoms with Crippen molar-refractivity contribution in [2.75, 3.05) is 23.7 Å². The second kappa shape index (κ2) is 7.58. The van der Waals surface area contributed by atoms with Crippen molar-refractivity contribution in [3.8, 4) is 0 Å². The first kappa shape index (κ1) is 20.4. The second-order valence-electron chi connectivity index (χ2n) is 8.42. The largest absolute Gasteiger partial charge is 0.434 e. The molecule has 0 atom stereocenters. The molecule has 10 heteroatoms. The average Bonchev–Trinajstić information content (AvgIpc) is 3.40. The molecule has 3 aromatic rings. The van der Waals surface area contributed by atoms with Crippen molar-refractivity contribution < 1.29 is 13.2 Å². The molecule has 1 spiro atoms. The summed E-state index contributed by atoms with van der Waals surface area (Å²) in [7, 11) is 0. The van der Waals surface area contributed by atoms with Crippen LogP contribution in [0, 0.1) is 5.41 Å². The fraction of sp³-hybridized carbons (Fsp3) is 0.476.